The first-order valence-corrected chi connectivity index (χ1v) is 9.15. The molecule has 3 nitrogen and oxygen atoms in total. The van der Waals surface area contributed by atoms with Gasteiger partial charge in [-0.1, -0.05) is 55.3 Å². The summed E-state index contributed by atoms with van der Waals surface area (Å²) in [6.45, 7) is 9.82. The van der Waals surface area contributed by atoms with Crippen LogP contribution in [0.5, 0.6) is 0 Å². The maximum absolute atomic E-state index is 9.09. The lowest BCUT2D eigenvalue weighted by molar-refractivity contribution is 0.335. The van der Waals surface area contributed by atoms with Gasteiger partial charge >= 0.3 is 0 Å². The molecule has 0 fully saturated rings. The van der Waals surface area contributed by atoms with Gasteiger partial charge in [0.2, 0.25) is 0 Å². The topological polar surface area (TPSA) is 48.9 Å². The quantitative estimate of drug-likeness (QED) is 0.367. The van der Waals surface area contributed by atoms with Crippen molar-refractivity contribution < 1.29 is 5.11 Å². The van der Waals surface area contributed by atoms with Crippen molar-refractivity contribution in [2.24, 2.45) is 0 Å². The number of aliphatic hydroxyl groups excluding tert-OH is 1. The first-order chi connectivity index (χ1) is 12.1. The number of rotatable bonds is 8. The second-order valence-corrected chi connectivity index (χ2v) is 6.65. The number of hydrogen-bond donors (Lipinski definition) is 2. The van der Waals surface area contributed by atoms with Gasteiger partial charge in [-0.3, -0.25) is 0 Å². The highest BCUT2D eigenvalue weighted by Gasteiger charge is 2.15. The van der Waals surface area contributed by atoms with Crippen molar-refractivity contribution in [1.82, 2.24) is 9.97 Å². The molecule has 2 N–H and O–H groups in total. The summed E-state index contributed by atoms with van der Waals surface area (Å²) in [4.78, 5) is 9.88. The highest BCUT2D eigenvalue weighted by atomic mass is 35.5. The average molecular weight is 373 g/mol. The zero-order valence-corrected chi connectivity index (χ0v) is 15.7. The van der Waals surface area contributed by atoms with Gasteiger partial charge in [0.15, 0.2) is 0 Å². The van der Waals surface area contributed by atoms with Crippen molar-refractivity contribution in [3.63, 3.8) is 0 Å². The molecule has 2 aromatic heterocycles. The number of aliphatic hydroxyl groups is 1. The van der Waals surface area contributed by atoms with Crippen LogP contribution in [0, 0.1) is 0 Å². The molecule has 0 atom stereocenters. The van der Waals surface area contributed by atoms with Crippen LogP contribution in [0.25, 0.3) is 16.6 Å². The molecule has 0 aromatic carbocycles. The van der Waals surface area contributed by atoms with E-state index in [0.29, 0.717) is 11.5 Å². The molecule has 0 saturated carbocycles. The van der Waals surface area contributed by atoms with E-state index in [-0.39, 0.29) is 6.61 Å². The van der Waals surface area contributed by atoms with Gasteiger partial charge in [0.25, 0.3) is 0 Å². The summed E-state index contributed by atoms with van der Waals surface area (Å²) in [6.07, 6.45) is 11.3. The number of allylic oxidation sites excluding steroid dienone is 5. The first-order valence-electron chi connectivity index (χ1n) is 7.80. The zero-order chi connectivity index (χ0) is 18.2. The maximum atomic E-state index is 9.09. The van der Waals surface area contributed by atoms with Crippen LogP contribution in [-0.4, -0.2) is 27.6 Å². The Morgan fingerprint density at radius 2 is 2.16 bits per heavy atom. The Balaban J connectivity index is 2.46. The third kappa shape index (κ3) is 4.98. The van der Waals surface area contributed by atoms with E-state index in [1.165, 1.54) is 0 Å². The fraction of sp³-hybridized carbons (Fsp3) is 0.150. The fourth-order valence-electron chi connectivity index (χ4n) is 2.15. The predicted octanol–water partition coefficient (Wildman–Crippen LogP) is 5.47. The minimum Gasteiger partial charge on any atom is -0.392 e. The summed E-state index contributed by atoms with van der Waals surface area (Å²) in [6, 6.07) is 3.95. The smallest absolute Gasteiger partial charge is 0.138 e. The number of halogens is 1. The van der Waals surface area contributed by atoms with E-state index in [9.17, 15) is 0 Å². The molecule has 0 aliphatic heterocycles. The van der Waals surface area contributed by atoms with Gasteiger partial charge < -0.3 is 10.1 Å². The van der Waals surface area contributed by atoms with Crippen molar-refractivity contribution in [3.05, 3.63) is 78.0 Å². The largest absolute Gasteiger partial charge is 0.392 e. The second-order valence-electron chi connectivity index (χ2n) is 5.25. The van der Waals surface area contributed by atoms with Crippen LogP contribution < -0.4 is 0 Å². The van der Waals surface area contributed by atoms with E-state index in [4.69, 9.17) is 16.7 Å². The molecule has 2 aromatic rings. The van der Waals surface area contributed by atoms with Gasteiger partial charge in [0, 0.05) is 27.3 Å². The van der Waals surface area contributed by atoms with Crippen LogP contribution in [0.4, 0.5) is 0 Å². The fourth-order valence-corrected chi connectivity index (χ4v) is 3.32. The summed E-state index contributed by atoms with van der Waals surface area (Å²) in [5.74, 6) is 0.471. The van der Waals surface area contributed by atoms with E-state index in [1.807, 2.05) is 43.4 Å². The maximum Gasteiger partial charge on any atom is 0.138 e. The Morgan fingerprint density at radius 3 is 2.84 bits per heavy atom. The number of aromatic nitrogens is 2. The highest BCUT2D eigenvalue weighted by Crippen LogP contribution is 2.38. The van der Waals surface area contributed by atoms with Crippen molar-refractivity contribution in [3.8, 4) is 0 Å². The summed E-state index contributed by atoms with van der Waals surface area (Å²) >= 11 is 7.39. The number of H-pyrrole nitrogens is 1. The van der Waals surface area contributed by atoms with Crippen molar-refractivity contribution in [2.75, 3.05) is 12.5 Å². The van der Waals surface area contributed by atoms with Gasteiger partial charge in [-0.05, 0) is 30.2 Å². The Labute approximate surface area is 157 Å². The molecule has 0 aliphatic carbocycles. The van der Waals surface area contributed by atoms with Crippen molar-refractivity contribution in [1.29, 1.82) is 0 Å². The number of alkyl halides is 1. The van der Waals surface area contributed by atoms with Crippen LogP contribution in [0.1, 0.15) is 12.6 Å². The van der Waals surface area contributed by atoms with E-state index in [1.54, 1.807) is 24.0 Å². The minimum absolute atomic E-state index is 0.0778. The average Bonchev–Trinajstić information content (AvgIpc) is 3.01. The van der Waals surface area contributed by atoms with Crippen molar-refractivity contribution in [2.45, 2.75) is 11.8 Å². The third-order valence-electron chi connectivity index (χ3n) is 3.44. The van der Waals surface area contributed by atoms with Crippen LogP contribution >= 0.6 is 23.4 Å². The number of nitrogens with one attached hydrogen (secondary N) is 1. The number of thioether (sulfide) groups is 1. The molecule has 0 unspecified atom stereocenters. The molecule has 2 rings (SSSR count). The molecule has 0 aliphatic rings. The Morgan fingerprint density at radius 1 is 1.36 bits per heavy atom. The number of nitrogens with zero attached hydrogens (tertiary/aromatic N) is 1. The molecule has 0 bridgehead atoms. The van der Waals surface area contributed by atoms with E-state index in [0.717, 1.165) is 32.1 Å². The number of pyridine rings is 1. The first kappa shape index (κ1) is 19.3. The Kier molecular flexibility index (Phi) is 7.31. The molecule has 0 radical (unpaired) electrons. The summed E-state index contributed by atoms with van der Waals surface area (Å²) in [5, 5.41) is 10.1. The lowest BCUT2D eigenvalue weighted by atomic mass is 10.1. The van der Waals surface area contributed by atoms with Crippen LogP contribution in [-0.2, 0) is 0 Å². The van der Waals surface area contributed by atoms with Crippen LogP contribution in [0.15, 0.2) is 77.2 Å². The summed E-state index contributed by atoms with van der Waals surface area (Å²) in [7, 11) is 0. The Bertz CT molecular complexity index is 862. The lowest BCUT2D eigenvalue weighted by Crippen LogP contribution is -1.86. The monoisotopic (exact) mass is 372 g/mol. The van der Waals surface area contributed by atoms with Gasteiger partial charge in [-0.25, -0.2) is 4.98 Å². The lowest BCUT2D eigenvalue weighted by Gasteiger charge is -2.06. The second kappa shape index (κ2) is 9.47. The highest BCUT2D eigenvalue weighted by molar-refractivity contribution is 8.03. The molecular weight excluding hydrogens is 352 g/mol. The third-order valence-corrected chi connectivity index (χ3v) is 4.86. The van der Waals surface area contributed by atoms with Gasteiger partial charge in [-0.15, -0.1) is 11.6 Å². The number of fused-ring (bicyclic) bond motifs is 1. The van der Waals surface area contributed by atoms with E-state index < -0.39 is 0 Å². The van der Waals surface area contributed by atoms with Gasteiger partial charge in [0.1, 0.15) is 5.65 Å². The molecule has 130 valence electrons. The minimum atomic E-state index is -0.0778. The van der Waals surface area contributed by atoms with Crippen LogP contribution in [0.3, 0.4) is 0 Å². The number of aromatic amines is 1. The zero-order valence-electron chi connectivity index (χ0n) is 14.1. The molecular formula is C20H21ClN2OS. The predicted molar refractivity (Wildman–Crippen MR) is 110 cm³/mol. The summed E-state index contributed by atoms with van der Waals surface area (Å²) in [5.41, 5.74) is 3.14. The Hall–Kier alpha value is -2.01. The number of hydrogen-bond acceptors (Lipinski definition) is 3. The molecule has 0 spiro atoms. The molecule has 2 heterocycles. The normalized spacial score (nSPS) is 12.5. The standard InChI is InChI=1S/C20H21ClN2OS/c1-4-16(7-5-11-21)25-19-17-8-6-12-22-20(17)23-18(19)15(3)10-9-14(2)13-24/h4-10,12,24H,2-3,11,13H2,1H3,(H,22,23)/b7-5-,10-9-,16-4+. The van der Waals surface area contributed by atoms with Crippen molar-refractivity contribution >= 4 is 40.0 Å². The van der Waals surface area contributed by atoms with E-state index in [2.05, 4.69) is 23.1 Å². The van der Waals surface area contributed by atoms with Crippen LogP contribution in [0.2, 0.25) is 0 Å². The van der Waals surface area contributed by atoms with Gasteiger partial charge in [-0.2, -0.15) is 0 Å². The summed E-state index contributed by atoms with van der Waals surface area (Å²) < 4.78 is 0. The molecule has 5 heteroatoms. The van der Waals surface area contributed by atoms with Gasteiger partial charge in [0.05, 0.1) is 12.3 Å². The molecule has 0 saturated heterocycles. The molecule has 0 amide bonds. The molecule has 25 heavy (non-hydrogen) atoms. The van der Waals surface area contributed by atoms with E-state index >= 15 is 0 Å². The SMILES string of the molecule is C=C(/C=C\C(=C)c1[nH]c2ncccc2c1SC(/C=C\CCl)=C/C)CO.